The molecule has 2 aromatic rings. The third-order valence-corrected chi connectivity index (χ3v) is 3.86. The molecule has 2 N–H and O–H groups in total. The van der Waals surface area contributed by atoms with Gasteiger partial charge < -0.3 is 5.11 Å². The molecule has 1 aromatic heterocycles. The lowest BCUT2D eigenvalue weighted by molar-refractivity contribution is 0.421. The summed E-state index contributed by atoms with van der Waals surface area (Å²) in [5, 5.41) is 23.3. The molecule has 0 bridgehead atoms. The number of nitriles is 1. The van der Waals surface area contributed by atoms with Crippen LogP contribution in [0, 0.1) is 32.1 Å². The lowest BCUT2D eigenvalue weighted by Crippen LogP contribution is -2.22. The van der Waals surface area contributed by atoms with E-state index < -0.39 is 5.56 Å². The van der Waals surface area contributed by atoms with Gasteiger partial charge >= 0.3 is 0 Å². The number of benzene rings is 1. The zero-order chi connectivity index (χ0) is 17.1. The van der Waals surface area contributed by atoms with Gasteiger partial charge in [0, 0.05) is 7.05 Å². The highest BCUT2D eigenvalue weighted by molar-refractivity contribution is 5.86. The van der Waals surface area contributed by atoms with E-state index in [0.717, 1.165) is 15.8 Å². The maximum absolute atomic E-state index is 11.9. The second-order valence-electron chi connectivity index (χ2n) is 5.38. The maximum atomic E-state index is 11.9. The van der Waals surface area contributed by atoms with Crippen LogP contribution in [-0.2, 0) is 7.05 Å². The predicted octanol–water partition coefficient (Wildman–Crippen LogP) is 2.33. The summed E-state index contributed by atoms with van der Waals surface area (Å²) in [5.41, 5.74) is 6.22. The average Bonchev–Trinajstić information content (AvgIpc) is 2.52. The highest BCUT2D eigenvalue weighted by Gasteiger charge is 2.15. The number of aromatic nitrogens is 1. The summed E-state index contributed by atoms with van der Waals surface area (Å²) in [4.78, 5) is 11.9. The van der Waals surface area contributed by atoms with Gasteiger partial charge in [-0.15, -0.1) is 0 Å². The number of pyridine rings is 1. The Labute approximate surface area is 134 Å². The number of nitrogens with one attached hydrogen (secondary N) is 1. The Morgan fingerprint density at radius 1 is 1.30 bits per heavy atom. The number of hydrazone groups is 1. The van der Waals surface area contributed by atoms with Crippen molar-refractivity contribution in [3.05, 3.63) is 56.4 Å². The van der Waals surface area contributed by atoms with Crippen LogP contribution in [0.15, 0.2) is 28.1 Å². The molecular formula is C17H18N4O2. The van der Waals surface area contributed by atoms with E-state index in [0.29, 0.717) is 11.1 Å². The van der Waals surface area contributed by atoms with Gasteiger partial charge in [-0.3, -0.25) is 14.8 Å². The quantitative estimate of drug-likeness (QED) is 0.672. The number of rotatable bonds is 3. The Hall–Kier alpha value is -3.07. The molecule has 0 amide bonds. The van der Waals surface area contributed by atoms with E-state index in [9.17, 15) is 9.90 Å². The topological polar surface area (TPSA) is 90.4 Å². The molecule has 0 unspecified atom stereocenters. The van der Waals surface area contributed by atoms with Gasteiger partial charge in [0.05, 0.1) is 17.5 Å². The zero-order valence-corrected chi connectivity index (χ0v) is 13.5. The molecule has 1 heterocycles. The smallest absolute Gasteiger partial charge is 0.271 e. The van der Waals surface area contributed by atoms with Gasteiger partial charge in [-0.25, -0.2) is 0 Å². The van der Waals surface area contributed by atoms with Crippen LogP contribution in [0.4, 0.5) is 5.69 Å². The van der Waals surface area contributed by atoms with Crippen LogP contribution in [0.5, 0.6) is 5.88 Å². The van der Waals surface area contributed by atoms with Crippen LogP contribution >= 0.6 is 0 Å². The third kappa shape index (κ3) is 3.09. The number of aryl methyl sites for hydroxylation is 2. The summed E-state index contributed by atoms with van der Waals surface area (Å²) in [6.07, 6.45) is 1.40. The van der Waals surface area contributed by atoms with Crippen LogP contribution in [0.3, 0.4) is 0 Å². The molecule has 0 aliphatic heterocycles. The molecule has 0 spiro atoms. The summed E-state index contributed by atoms with van der Waals surface area (Å²) in [6, 6.07) is 7.71. The average molecular weight is 310 g/mol. The van der Waals surface area contributed by atoms with Crippen LogP contribution in [0.2, 0.25) is 0 Å². The SMILES string of the molecule is Cc1ccc(N/N=C/c2c(C)c(C#N)c(=O)n(C)c2O)cc1C. The second kappa shape index (κ2) is 6.36. The first-order valence-electron chi connectivity index (χ1n) is 7.05. The van der Waals surface area contributed by atoms with Gasteiger partial charge in [0.15, 0.2) is 0 Å². The molecule has 6 nitrogen and oxygen atoms in total. The van der Waals surface area contributed by atoms with E-state index in [4.69, 9.17) is 5.26 Å². The van der Waals surface area contributed by atoms with Crippen LogP contribution in [0.1, 0.15) is 27.8 Å². The molecule has 23 heavy (non-hydrogen) atoms. The maximum Gasteiger partial charge on any atom is 0.271 e. The first-order chi connectivity index (χ1) is 10.9. The van der Waals surface area contributed by atoms with Crippen LogP contribution < -0.4 is 11.0 Å². The van der Waals surface area contributed by atoms with Gasteiger partial charge in [-0.2, -0.15) is 10.4 Å². The minimum absolute atomic E-state index is 0.00192. The van der Waals surface area contributed by atoms with E-state index in [1.807, 2.05) is 38.1 Å². The molecule has 0 aliphatic carbocycles. The highest BCUT2D eigenvalue weighted by atomic mass is 16.3. The molecular weight excluding hydrogens is 292 g/mol. The molecule has 1 aromatic carbocycles. The number of anilines is 1. The molecule has 2 rings (SSSR count). The van der Waals surface area contributed by atoms with E-state index in [-0.39, 0.29) is 11.4 Å². The second-order valence-corrected chi connectivity index (χ2v) is 5.38. The summed E-state index contributed by atoms with van der Waals surface area (Å²) in [5.74, 6) is -0.225. The normalized spacial score (nSPS) is 10.7. The fourth-order valence-electron chi connectivity index (χ4n) is 2.18. The number of nitrogens with zero attached hydrogens (tertiary/aromatic N) is 3. The third-order valence-electron chi connectivity index (χ3n) is 3.86. The van der Waals surface area contributed by atoms with Gasteiger partial charge in [-0.05, 0) is 49.6 Å². The molecule has 118 valence electrons. The fourth-order valence-corrected chi connectivity index (χ4v) is 2.18. The van der Waals surface area contributed by atoms with Crippen molar-refractivity contribution in [2.75, 3.05) is 5.43 Å². The van der Waals surface area contributed by atoms with E-state index in [2.05, 4.69) is 10.5 Å². The molecule has 0 atom stereocenters. The van der Waals surface area contributed by atoms with E-state index >= 15 is 0 Å². The summed E-state index contributed by atoms with van der Waals surface area (Å²) in [7, 11) is 1.41. The van der Waals surface area contributed by atoms with Crippen molar-refractivity contribution < 1.29 is 5.11 Å². The minimum atomic E-state index is -0.526. The van der Waals surface area contributed by atoms with Crippen molar-refractivity contribution in [2.45, 2.75) is 20.8 Å². The van der Waals surface area contributed by atoms with Crippen molar-refractivity contribution >= 4 is 11.9 Å². The summed E-state index contributed by atoms with van der Waals surface area (Å²) in [6.45, 7) is 5.64. The van der Waals surface area contributed by atoms with E-state index in [1.165, 1.54) is 18.8 Å². The monoisotopic (exact) mass is 310 g/mol. The van der Waals surface area contributed by atoms with Gasteiger partial charge in [0.1, 0.15) is 11.6 Å². The first kappa shape index (κ1) is 16.3. The Balaban J connectivity index is 2.36. The molecule has 0 fully saturated rings. The summed E-state index contributed by atoms with van der Waals surface area (Å²) < 4.78 is 1.03. The Kier molecular flexibility index (Phi) is 4.51. The number of hydrogen-bond donors (Lipinski definition) is 2. The standard InChI is InChI=1S/C17H18N4O2/c1-10-5-6-13(7-11(10)2)20-19-9-15-12(3)14(8-18)16(22)21(4)17(15)23/h5-7,9,20,23H,1-4H3/b19-9+. The summed E-state index contributed by atoms with van der Waals surface area (Å²) >= 11 is 0. The lowest BCUT2D eigenvalue weighted by Gasteiger charge is -2.10. The minimum Gasteiger partial charge on any atom is -0.494 e. The Morgan fingerprint density at radius 3 is 2.61 bits per heavy atom. The highest BCUT2D eigenvalue weighted by Crippen LogP contribution is 2.19. The van der Waals surface area contributed by atoms with E-state index in [1.54, 1.807) is 6.92 Å². The van der Waals surface area contributed by atoms with Gasteiger partial charge in [-0.1, -0.05) is 6.07 Å². The molecule has 0 radical (unpaired) electrons. The predicted molar refractivity (Wildman–Crippen MR) is 89.9 cm³/mol. The Morgan fingerprint density at radius 2 is 2.00 bits per heavy atom. The Bertz CT molecular complexity index is 889. The first-order valence-corrected chi connectivity index (χ1v) is 7.05. The largest absolute Gasteiger partial charge is 0.494 e. The van der Waals surface area contributed by atoms with Crippen molar-refractivity contribution in [3.8, 4) is 11.9 Å². The molecule has 0 saturated carbocycles. The fraction of sp³-hybridized carbons (Fsp3) is 0.235. The number of hydrogen-bond acceptors (Lipinski definition) is 5. The van der Waals surface area contributed by atoms with Gasteiger partial charge in [0.25, 0.3) is 5.56 Å². The van der Waals surface area contributed by atoms with Crippen molar-refractivity contribution in [3.63, 3.8) is 0 Å². The molecule has 0 saturated heterocycles. The van der Waals surface area contributed by atoms with Crippen molar-refractivity contribution in [1.82, 2.24) is 4.57 Å². The zero-order valence-electron chi connectivity index (χ0n) is 13.5. The van der Waals surface area contributed by atoms with Crippen molar-refractivity contribution in [2.24, 2.45) is 12.1 Å². The number of aromatic hydroxyl groups is 1. The van der Waals surface area contributed by atoms with Crippen LogP contribution in [0.25, 0.3) is 0 Å². The molecule has 0 aliphatic rings. The van der Waals surface area contributed by atoms with Crippen LogP contribution in [-0.4, -0.2) is 15.9 Å². The van der Waals surface area contributed by atoms with Gasteiger partial charge in [0.2, 0.25) is 5.88 Å². The van der Waals surface area contributed by atoms with Crippen molar-refractivity contribution in [1.29, 1.82) is 5.26 Å². The molecule has 6 heteroatoms. The lowest BCUT2D eigenvalue weighted by atomic mass is 10.1.